The van der Waals surface area contributed by atoms with Gasteiger partial charge in [0, 0.05) is 12.2 Å². The summed E-state index contributed by atoms with van der Waals surface area (Å²) in [6, 6.07) is 0. The molecular weight excluding hydrogens is 148 g/mol. The van der Waals surface area contributed by atoms with Gasteiger partial charge in [0.15, 0.2) is 0 Å². The largest absolute Gasteiger partial charge is 0.466 e. The van der Waals surface area contributed by atoms with E-state index in [1.165, 1.54) is 7.11 Å². The first-order valence-electron chi connectivity index (χ1n) is 2.78. The van der Waals surface area contributed by atoms with Gasteiger partial charge in [0.05, 0.1) is 13.4 Å². The highest BCUT2D eigenvalue weighted by atomic mass is 16.5. The summed E-state index contributed by atoms with van der Waals surface area (Å²) in [5, 5.41) is 0. The lowest BCUT2D eigenvalue weighted by Gasteiger charge is -1.90. The molecule has 11 heavy (non-hydrogen) atoms. The number of methoxy groups -OCH3 is 1. The molecule has 0 saturated heterocycles. The van der Waals surface area contributed by atoms with Crippen LogP contribution in [0.3, 0.4) is 0 Å². The van der Waals surface area contributed by atoms with Gasteiger partial charge in [0.1, 0.15) is 0 Å². The van der Waals surface area contributed by atoms with Crippen molar-refractivity contribution in [3.05, 3.63) is 25.0 Å². The predicted molar refractivity (Wildman–Crippen MR) is 37.4 cm³/mol. The third kappa shape index (κ3) is 4.90. The van der Waals surface area contributed by atoms with E-state index in [2.05, 4.69) is 16.1 Å². The Morgan fingerprint density at radius 3 is 2.27 bits per heavy atom. The van der Waals surface area contributed by atoms with Crippen LogP contribution in [0.15, 0.2) is 25.0 Å². The molecule has 0 fully saturated rings. The van der Waals surface area contributed by atoms with Crippen molar-refractivity contribution in [3.63, 3.8) is 0 Å². The zero-order valence-electron chi connectivity index (χ0n) is 6.07. The second-order valence-electron chi connectivity index (χ2n) is 1.46. The van der Waals surface area contributed by atoms with Gasteiger partial charge in [-0.3, -0.25) is 0 Å². The van der Waals surface area contributed by atoms with Crippen LogP contribution >= 0.6 is 0 Å². The Bertz CT molecular complexity index is 193. The monoisotopic (exact) mass is 156 g/mol. The molecule has 0 aliphatic rings. The van der Waals surface area contributed by atoms with Crippen molar-refractivity contribution in [1.82, 2.24) is 0 Å². The third-order valence-corrected chi connectivity index (χ3v) is 0.756. The van der Waals surface area contributed by atoms with Crippen LogP contribution in [0.4, 0.5) is 0 Å². The summed E-state index contributed by atoms with van der Waals surface area (Å²) in [4.78, 5) is 20.9. The Morgan fingerprint density at radius 1 is 1.27 bits per heavy atom. The Morgan fingerprint density at radius 2 is 1.82 bits per heavy atom. The molecule has 0 aromatic carbocycles. The molecule has 0 radical (unpaired) electrons. The molecule has 0 aliphatic carbocycles. The van der Waals surface area contributed by atoms with Gasteiger partial charge in [0.2, 0.25) is 0 Å². The Hall–Kier alpha value is -1.58. The zero-order valence-corrected chi connectivity index (χ0v) is 6.07. The molecule has 0 saturated carbocycles. The van der Waals surface area contributed by atoms with Crippen LogP contribution in [0.2, 0.25) is 0 Å². The van der Waals surface area contributed by atoms with E-state index < -0.39 is 11.9 Å². The highest BCUT2D eigenvalue weighted by Crippen LogP contribution is 1.83. The molecule has 0 rings (SSSR count). The smallest absolute Gasteiger partial charge is 0.335 e. The van der Waals surface area contributed by atoms with Gasteiger partial charge in [-0.05, 0) is 0 Å². The van der Waals surface area contributed by atoms with E-state index in [1.807, 2.05) is 0 Å². The highest BCUT2D eigenvalue weighted by molar-refractivity contribution is 5.91. The summed E-state index contributed by atoms with van der Waals surface area (Å²) in [6.45, 7) is 3.15. The van der Waals surface area contributed by atoms with Crippen LogP contribution < -0.4 is 0 Å². The molecule has 4 heteroatoms. The maximum absolute atomic E-state index is 10.5. The van der Waals surface area contributed by atoms with Gasteiger partial charge in [-0.25, -0.2) is 9.59 Å². The van der Waals surface area contributed by atoms with E-state index in [0.29, 0.717) is 0 Å². The number of ether oxygens (including phenoxy) is 2. The Labute approximate surface area is 64.1 Å². The van der Waals surface area contributed by atoms with E-state index >= 15 is 0 Å². The summed E-state index contributed by atoms with van der Waals surface area (Å²) >= 11 is 0. The lowest BCUT2D eigenvalue weighted by molar-refractivity contribution is -0.136. The summed E-state index contributed by atoms with van der Waals surface area (Å²) in [5.41, 5.74) is 0. The fourth-order valence-electron chi connectivity index (χ4n) is 0.326. The zero-order chi connectivity index (χ0) is 8.69. The van der Waals surface area contributed by atoms with Crippen LogP contribution in [0, 0.1) is 0 Å². The molecule has 0 heterocycles. The Kier molecular flexibility index (Phi) is 4.47. The van der Waals surface area contributed by atoms with Crippen molar-refractivity contribution >= 4 is 11.9 Å². The molecule has 0 bridgehead atoms. The quantitative estimate of drug-likeness (QED) is 0.337. The van der Waals surface area contributed by atoms with Crippen molar-refractivity contribution < 1.29 is 19.1 Å². The molecule has 0 spiro atoms. The highest BCUT2D eigenvalue weighted by Gasteiger charge is 1.95. The van der Waals surface area contributed by atoms with Crippen molar-refractivity contribution in [2.24, 2.45) is 0 Å². The standard InChI is InChI=1S/C7H8O4/c1-3-11-7(9)5-4-6(8)10-2/h3-5H,1H2,2H3. The van der Waals surface area contributed by atoms with E-state index in [4.69, 9.17) is 0 Å². The number of esters is 2. The SMILES string of the molecule is C=COC(=O)C=CC(=O)OC. The molecule has 0 aromatic rings. The topological polar surface area (TPSA) is 52.6 Å². The first-order chi connectivity index (χ1) is 5.20. The van der Waals surface area contributed by atoms with Gasteiger partial charge in [-0.1, -0.05) is 6.58 Å². The van der Waals surface area contributed by atoms with E-state index in [-0.39, 0.29) is 0 Å². The third-order valence-electron chi connectivity index (χ3n) is 0.756. The van der Waals surface area contributed by atoms with Crippen LogP contribution in [0.1, 0.15) is 0 Å². The first kappa shape index (κ1) is 9.42. The summed E-state index contributed by atoms with van der Waals surface area (Å²) in [7, 11) is 1.21. The number of rotatable bonds is 3. The van der Waals surface area contributed by atoms with Gasteiger partial charge in [-0.15, -0.1) is 0 Å². The second-order valence-corrected chi connectivity index (χ2v) is 1.46. The molecular formula is C7H8O4. The Balaban J connectivity index is 3.82. The van der Waals surface area contributed by atoms with Crippen LogP contribution in [-0.4, -0.2) is 19.0 Å². The molecule has 0 aliphatic heterocycles. The van der Waals surface area contributed by atoms with Gasteiger partial charge >= 0.3 is 11.9 Å². The molecule has 0 aromatic heterocycles. The fourth-order valence-corrected chi connectivity index (χ4v) is 0.326. The van der Waals surface area contributed by atoms with E-state index in [1.54, 1.807) is 0 Å². The maximum atomic E-state index is 10.5. The molecule has 0 N–H and O–H groups in total. The van der Waals surface area contributed by atoms with Gasteiger partial charge in [0.25, 0.3) is 0 Å². The minimum Gasteiger partial charge on any atom is -0.466 e. The lowest BCUT2D eigenvalue weighted by Crippen LogP contribution is -1.98. The molecule has 4 nitrogen and oxygen atoms in total. The molecule has 60 valence electrons. The number of carbonyl (C=O) groups is 2. The average molecular weight is 156 g/mol. The van der Waals surface area contributed by atoms with Crippen molar-refractivity contribution in [1.29, 1.82) is 0 Å². The minimum absolute atomic E-state index is 0.606. The van der Waals surface area contributed by atoms with Crippen molar-refractivity contribution in [2.45, 2.75) is 0 Å². The summed E-state index contributed by atoms with van der Waals surface area (Å²) < 4.78 is 8.49. The van der Waals surface area contributed by atoms with E-state index in [0.717, 1.165) is 18.4 Å². The summed E-state index contributed by atoms with van der Waals surface area (Å²) in [6.07, 6.45) is 2.89. The lowest BCUT2D eigenvalue weighted by atomic mass is 10.5. The van der Waals surface area contributed by atoms with Crippen LogP contribution in [0.25, 0.3) is 0 Å². The number of carbonyl (C=O) groups excluding carboxylic acids is 2. The molecule has 0 atom stereocenters. The number of hydrogen-bond acceptors (Lipinski definition) is 4. The predicted octanol–water partition coefficient (Wildman–Crippen LogP) is 0.402. The van der Waals surface area contributed by atoms with Gasteiger partial charge in [-0.2, -0.15) is 0 Å². The number of hydrogen-bond donors (Lipinski definition) is 0. The molecule has 0 unspecified atom stereocenters. The normalized spacial score (nSPS) is 9.18. The van der Waals surface area contributed by atoms with Crippen LogP contribution in [-0.2, 0) is 19.1 Å². The average Bonchev–Trinajstić information content (AvgIpc) is 2.01. The van der Waals surface area contributed by atoms with E-state index in [9.17, 15) is 9.59 Å². The fraction of sp³-hybridized carbons (Fsp3) is 0.143. The second kappa shape index (κ2) is 5.22. The van der Waals surface area contributed by atoms with Crippen molar-refractivity contribution in [3.8, 4) is 0 Å². The summed E-state index contributed by atoms with van der Waals surface area (Å²) in [5.74, 6) is -1.27. The maximum Gasteiger partial charge on any atom is 0.335 e. The van der Waals surface area contributed by atoms with Crippen molar-refractivity contribution in [2.75, 3.05) is 7.11 Å². The minimum atomic E-state index is -0.662. The van der Waals surface area contributed by atoms with Gasteiger partial charge < -0.3 is 9.47 Å². The molecule has 0 amide bonds. The first-order valence-corrected chi connectivity index (χ1v) is 2.78. The van der Waals surface area contributed by atoms with Crippen LogP contribution in [0.5, 0.6) is 0 Å².